The van der Waals surface area contributed by atoms with Crippen molar-refractivity contribution in [1.29, 1.82) is 0 Å². The first-order valence-electron chi connectivity index (χ1n) is 6.71. The standard InChI is InChI=1S/C16H14N2O3S/c1-10(19)8-18-9-17-13-7-14(22-15(13)16(18)20)11-3-5-12(21-2)6-4-11/h3-7,9H,8H2,1-2H3. The van der Waals surface area contributed by atoms with Crippen molar-refractivity contribution in [3.63, 3.8) is 0 Å². The Morgan fingerprint density at radius 2 is 2.05 bits per heavy atom. The molecule has 0 aliphatic heterocycles. The molecule has 2 heterocycles. The van der Waals surface area contributed by atoms with E-state index in [0.29, 0.717) is 10.2 Å². The lowest BCUT2D eigenvalue weighted by Gasteiger charge is -2.00. The van der Waals surface area contributed by atoms with Crippen LogP contribution < -0.4 is 10.3 Å². The highest BCUT2D eigenvalue weighted by molar-refractivity contribution is 7.22. The van der Waals surface area contributed by atoms with Crippen LogP contribution >= 0.6 is 11.3 Å². The Kier molecular flexibility index (Phi) is 3.77. The number of aromatic nitrogens is 2. The van der Waals surface area contributed by atoms with Crippen LogP contribution in [0.1, 0.15) is 6.92 Å². The lowest BCUT2D eigenvalue weighted by Crippen LogP contribution is -2.22. The summed E-state index contributed by atoms with van der Waals surface area (Å²) >= 11 is 1.38. The summed E-state index contributed by atoms with van der Waals surface area (Å²) in [5, 5.41) is 0. The van der Waals surface area contributed by atoms with Gasteiger partial charge in [0.15, 0.2) is 0 Å². The predicted molar refractivity (Wildman–Crippen MR) is 86.5 cm³/mol. The van der Waals surface area contributed by atoms with Gasteiger partial charge in [0, 0.05) is 4.88 Å². The Morgan fingerprint density at radius 3 is 2.68 bits per heavy atom. The fourth-order valence-electron chi connectivity index (χ4n) is 2.20. The van der Waals surface area contributed by atoms with Crippen molar-refractivity contribution in [2.24, 2.45) is 0 Å². The Hall–Kier alpha value is -2.47. The molecule has 0 bridgehead atoms. The minimum Gasteiger partial charge on any atom is -0.497 e. The molecule has 3 rings (SSSR count). The molecule has 0 spiro atoms. The van der Waals surface area contributed by atoms with Crippen LogP contribution in [0.25, 0.3) is 20.7 Å². The fourth-order valence-corrected chi connectivity index (χ4v) is 3.26. The SMILES string of the molecule is COc1ccc(-c2cc3ncn(CC(C)=O)c(=O)c3s2)cc1. The average molecular weight is 314 g/mol. The van der Waals surface area contributed by atoms with E-state index in [0.717, 1.165) is 16.2 Å². The van der Waals surface area contributed by atoms with Gasteiger partial charge in [-0.25, -0.2) is 4.98 Å². The predicted octanol–water partition coefficient (Wildman–Crippen LogP) is 2.72. The Bertz CT molecular complexity index is 894. The van der Waals surface area contributed by atoms with E-state index in [1.807, 2.05) is 30.3 Å². The number of hydrogen-bond donors (Lipinski definition) is 0. The van der Waals surface area contributed by atoms with Crippen LogP contribution in [-0.4, -0.2) is 22.4 Å². The quantitative estimate of drug-likeness (QED) is 0.743. The maximum atomic E-state index is 12.4. The van der Waals surface area contributed by atoms with Crippen LogP contribution in [0.3, 0.4) is 0 Å². The van der Waals surface area contributed by atoms with E-state index in [2.05, 4.69) is 4.98 Å². The third kappa shape index (κ3) is 2.65. The summed E-state index contributed by atoms with van der Waals surface area (Å²) < 4.78 is 7.05. The maximum absolute atomic E-state index is 12.4. The Labute approximate surface area is 130 Å². The van der Waals surface area contributed by atoms with Crippen LogP contribution in [0.5, 0.6) is 5.75 Å². The van der Waals surface area contributed by atoms with E-state index in [1.54, 1.807) is 7.11 Å². The maximum Gasteiger partial charge on any atom is 0.271 e. The van der Waals surface area contributed by atoms with Gasteiger partial charge in [-0.2, -0.15) is 0 Å². The second-order valence-electron chi connectivity index (χ2n) is 4.93. The van der Waals surface area contributed by atoms with Crippen molar-refractivity contribution in [2.45, 2.75) is 13.5 Å². The molecule has 0 saturated carbocycles. The first-order valence-corrected chi connectivity index (χ1v) is 7.53. The van der Waals surface area contributed by atoms with Gasteiger partial charge in [0.05, 0.1) is 25.5 Å². The van der Waals surface area contributed by atoms with Gasteiger partial charge >= 0.3 is 0 Å². The van der Waals surface area contributed by atoms with E-state index >= 15 is 0 Å². The minimum atomic E-state index is -0.176. The van der Waals surface area contributed by atoms with Gasteiger partial charge in [0.25, 0.3) is 5.56 Å². The molecule has 0 saturated heterocycles. The van der Waals surface area contributed by atoms with Gasteiger partial charge in [0.1, 0.15) is 16.2 Å². The van der Waals surface area contributed by atoms with E-state index in [-0.39, 0.29) is 17.9 Å². The van der Waals surface area contributed by atoms with Gasteiger partial charge in [-0.15, -0.1) is 11.3 Å². The smallest absolute Gasteiger partial charge is 0.271 e. The minimum absolute atomic E-state index is 0.0531. The molecule has 6 heteroatoms. The number of carbonyl (C=O) groups excluding carboxylic acids is 1. The number of rotatable bonds is 4. The molecule has 3 aromatic rings. The summed E-state index contributed by atoms with van der Waals surface area (Å²) in [7, 11) is 1.62. The highest BCUT2D eigenvalue weighted by atomic mass is 32.1. The Morgan fingerprint density at radius 1 is 1.32 bits per heavy atom. The molecule has 0 unspecified atom stereocenters. The number of fused-ring (bicyclic) bond motifs is 1. The van der Waals surface area contributed by atoms with E-state index < -0.39 is 0 Å². The van der Waals surface area contributed by atoms with Crippen molar-refractivity contribution in [3.05, 3.63) is 47.0 Å². The second kappa shape index (κ2) is 5.73. The molecule has 2 aromatic heterocycles. The highest BCUT2D eigenvalue weighted by Crippen LogP contribution is 2.31. The van der Waals surface area contributed by atoms with E-state index in [4.69, 9.17) is 4.74 Å². The van der Waals surface area contributed by atoms with Crippen molar-refractivity contribution < 1.29 is 9.53 Å². The summed E-state index contributed by atoms with van der Waals surface area (Å²) in [4.78, 5) is 28.8. The van der Waals surface area contributed by atoms with Crippen LogP contribution in [0, 0.1) is 0 Å². The van der Waals surface area contributed by atoms with Crippen molar-refractivity contribution in [2.75, 3.05) is 7.11 Å². The first-order chi connectivity index (χ1) is 10.6. The Balaban J connectivity index is 2.07. The van der Waals surface area contributed by atoms with Gasteiger partial charge in [0.2, 0.25) is 0 Å². The summed E-state index contributed by atoms with van der Waals surface area (Å²) in [5.41, 5.74) is 1.48. The van der Waals surface area contributed by atoms with Crippen LogP contribution in [0.15, 0.2) is 41.5 Å². The number of ketones is 1. The normalized spacial score (nSPS) is 10.8. The van der Waals surface area contributed by atoms with Gasteiger partial charge in [-0.1, -0.05) is 0 Å². The van der Waals surface area contributed by atoms with Crippen LogP contribution in [0.4, 0.5) is 0 Å². The number of nitrogens with zero attached hydrogens (tertiary/aromatic N) is 2. The topological polar surface area (TPSA) is 61.2 Å². The van der Waals surface area contributed by atoms with Gasteiger partial charge < -0.3 is 4.74 Å². The number of carbonyl (C=O) groups is 1. The average Bonchev–Trinajstić information content (AvgIpc) is 2.95. The number of methoxy groups -OCH3 is 1. The zero-order valence-corrected chi connectivity index (χ0v) is 13.0. The first kappa shape index (κ1) is 14.5. The fraction of sp³-hybridized carbons (Fsp3) is 0.188. The number of hydrogen-bond acceptors (Lipinski definition) is 5. The molecule has 0 aliphatic carbocycles. The molecule has 0 fully saturated rings. The molecular weight excluding hydrogens is 300 g/mol. The molecule has 1 aromatic carbocycles. The van der Waals surface area contributed by atoms with Crippen LogP contribution in [-0.2, 0) is 11.3 Å². The van der Waals surface area contributed by atoms with Crippen molar-refractivity contribution >= 4 is 27.3 Å². The molecule has 0 amide bonds. The lowest BCUT2D eigenvalue weighted by molar-refractivity contribution is -0.117. The molecule has 5 nitrogen and oxygen atoms in total. The monoisotopic (exact) mass is 314 g/mol. The largest absolute Gasteiger partial charge is 0.497 e. The van der Waals surface area contributed by atoms with Crippen molar-refractivity contribution in [1.82, 2.24) is 9.55 Å². The van der Waals surface area contributed by atoms with Crippen molar-refractivity contribution in [3.8, 4) is 16.2 Å². The number of thiophene rings is 1. The number of benzene rings is 1. The molecule has 0 radical (unpaired) electrons. The highest BCUT2D eigenvalue weighted by Gasteiger charge is 2.11. The van der Waals surface area contributed by atoms with Gasteiger partial charge in [-0.3, -0.25) is 14.2 Å². The summed E-state index contributed by atoms with van der Waals surface area (Å²) in [6.07, 6.45) is 1.43. The second-order valence-corrected chi connectivity index (χ2v) is 5.99. The molecule has 22 heavy (non-hydrogen) atoms. The third-order valence-corrected chi connectivity index (χ3v) is 4.43. The van der Waals surface area contributed by atoms with Crippen LogP contribution in [0.2, 0.25) is 0 Å². The molecule has 0 aliphatic rings. The lowest BCUT2D eigenvalue weighted by atomic mass is 10.2. The molecule has 112 valence electrons. The summed E-state index contributed by atoms with van der Waals surface area (Å²) in [6, 6.07) is 9.53. The van der Waals surface area contributed by atoms with Gasteiger partial charge in [-0.05, 0) is 42.8 Å². The number of ether oxygens (including phenoxy) is 1. The summed E-state index contributed by atoms with van der Waals surface area (Å²) in [6.45, 7) is 1.51. The molecular formula is C16H14N2O3S. The van der Waals surface area contributed by atoms with E-state index in [9.17, 15) is 9.59 Å². The number of Topliss-reactive ketones (excluding diaryl/α,β-unsaturated/α-hetero) is 1. The summed E-state index contributed by atoms with van der Waals surface area (Å²) in [5.74, 6) is 0.710. The zero-order valence-electron chi connectivity index (χ0n) is 12.2. The molecule has 0 atom stereocenters. The van der Waals surface area contributed by atoms with E-state index in [1.165, 1.54) is 29.2 Å². The zero-order chi connectivity index (χ0) is 15.7. The third-order valence-electron chi connectivity index (χ3n) is 3.27. The molecule has 0 N–H and O–H groups in total.